The van der Waals surface area contributed by atoms with Gasteiger partial charge in [-0.2, -0.15) is 11.8 Å². The molecule has 0 bridgehead atoms. The van der Waals surface area contributed by atoms with E-state index in [4.69, 9.17) is 0 Å². The normalized spacial score (nSPS) is 25.7. The van der Waals surface area contributed by atoms with E-state index >= 15 is 0 Å². The SMILES string of the molecule is Cc1c(CN2CCSCC2)cccc1NC(=O)C1CC12CCNCC2. The van der Waals surface area contributed by atoms with Crippen LogP contribution in [0.1, 0.15) is 30.4 Å². The molecule has 3 fully saturated rings. The van der Waals surface area contributed by atoms with Gasteiger partial charge in [0.15, 0.2) is 0 Å². The average molecular weight is 360 g/mol. The summed E-state index contributed by atoms with van der Waals surface area (Å²) in [7, 11) is 0. The van der Waals surface area contributed by atoms with Crippen LogP contribution in [0.25, 0.3) is 0 Å². The number of rotatable bonds is 4. The van der Waals surface area contributed by atoms with Crippen molar-refractivity contribution in [1.82, 2.24) is 10.2 Å². The number of carbonyl (C=O) groups excluding carboxylic acids is 1. The maximum Gasteiger partial charge on any atom is 0.228 e. The van der Waals surface area contributed by atoms with E-state index in [0.29, 0.717) is 5.41 Å². The summed E-state index contributed by atoms with van der Waals surface area (Å²) in [6.07, 6.45) is 3.37. The number of nitrogens with zero attached hydrogens (tertiary/aromatic N) is 1. The molecule has 1 spiro atoms. The van der Waals surface area contributed by atoms with Crippen LogP contribution in [0.3, 0.4) is 0 Å². The van der Waals surface area contributed by atoms with Gasteiger partial charge in [0.25, 0.3) is 0 Å². The van der Waals surface area contributed by atoms with Crippen molar-refractivity contribution in [2.45, 2.75) is 32.7 Å². The van der Waals surface area contributed by atoms with Gasteiger partial charge in [0.2, 0.25) is 5.91 Å². The fourth-order valence-electron chi connectivity index (χ4n) is 4.41. The fourth-order valence-corrected chi connectivity index (χ4v) is 5.38. The molecule has 3 aliphatic rings. The third-order valence-corrected chi connectivity index (χ3v) is 7.25. The average Bonchev–Trinajstić information content (AvgIpc) is 3.33. The largest absolute Gasteiger partial charge is 0.326 e. The van der Waals surface area contributed by atoms with E-state index in [-0.39, 0.29) is 11.8 Å². The fraction of sp³-hybridized carbons (Fsp3) is 0.650. The van der Waals surface area contributed by atoms with Crippen molar-refractivity contribution >= 4 is 23.4 Å². The predicted octanol–water partition coefficient (Wildman–Crippen LogP) is 2.87. The van der Waals surface area contributed by atoms with Gasteiger partial charge in [-0.3, -0.25) is 9.69 Å². The summed E-state index contributed by atoms with van der Waals surface area (Å²) < 4.78 is 0. The van der Waals surface area contributed by atoms with E-state index in [0.717, 1.165) is 44.6 Å². The number of carbonyl (C=O) groups is 1. The second kappa shape index (κ2) is 7.29. The van der Waals surface area contributed by atoms with Crippen LogP contribution >= 0.6 is 11.8 Å². The molecule has 0 radical (unpaired) electrons. The molecule has 2 saturated heterocycles. The van der Waals surface area contributed by atoms with Gasteiger partial charge in [-0.25, -0.2) is 0 Å². The van der Waals surface area contributed by atoms with Crippen LogP contribution in [0.15, 0.2) is 18.2 Å². The lowest BCUT2D eigenvalue weighted by molar-refractivity contribution is -0.118. The Balaban J connectivity index is 1.40. The van der Waals surface area contributed by atoms with Crippen LogP contribution in [-0.2, 0) is 11.3 Å². The summed E-state index contributed by atoms with van der Waals surface area (Å²) in [6.45, 7) is 7.60. The Bertz CT molecular complexity index is 636. The molecule has 1 saturated carbocycles. The maximum absolute atomic E-state index is 12.8. The highest BCUT2D eigenvalue weighted by Gasteiger charge is 2.57. The molecule has 2 aliphatic heterocycles. The summed E-state index contributed by atoms with van der Waals surface area (Å²) in [6, 6.07) is 6.35. The molecule has 5 heteroatoms. The van der Waals surface area contributed by atoms with Crippen molar-refractivity contribution in [3.63, 3.8) is 0 Å². The second-order valence-corrected chi connectivity index (χ2v) is 9.06. The Morgan fingerprint density at radius 1 is 1.32 bits per heavy atom. The summed E-state index contributed by atoms with van der Waals surface area (Å²) >= 11 is 2.04. The van der Waals surface area contributed by atoms with E-state index in [1.54, 1.807) is 0 Å². The molecule has 1 amide bonds. The zero-order valence-electron chi connectivity index (χ0n) is 15.1. The lowest BCUT2D eigenvalue weighted by Gasteiger charge is -2.27. The standard InChI is InChI=1S/C20H29N3OS/c1-15-16(14-23-9-11-25-12-10-23)3-2-4-18(15)22-19(24)17-13-20(17)5-7-21-8-6-20/h2-4,17,21H,5-14H2,1H3,(H,22,24). The van der Waals surface area contributed by atoms with Crippen LogP contribution in [0.4, 0.5) is 5.69 Å². The number of amides is 1. The van der Waals surface area contributed by atoms with Gasteiger partial charge in [0, 0.05) is 42.7 Å². The van der Waals surface area contributed by atoms with E-state index in [9.17, 15) is 4.79 Å². The van der Waals surface area contributed by atoms with Gasteiger partial charge < -0.3 is 10.6 Å². The first-order valence-electron chi connectivity index (χ1n) is 9.58. The molecule has 0 aromatic heterocycles. The van der Waals surface area contributed by atoms with E-state index in [1.807, 2.05) is 11.8 Å². The minimum Gasteiger partial charge on any atom is -0.326 e. The second-order valence-electron chi connectivity index (χ2n) is 7.84. The predicted molar refractivity (Wildman–Crippen MR) is 105 cm³/mol. The summed E-state index contributed by atoms with van der Waals surface area (Å²) in [5, 5.41) is 6.65. The van der Waals surface area contributed by atoms with Gasteiger partial charge in [0.05, 0.1) is 0 Å². The van der Waals surface area contributed by atoms with Crippen LogP contribution in [0.5, 0.6) is 0 Å². The molecular formula is C20H29N3OS. The first-order valence-corrected chi connectivity index (χ1v) is 10.7. The molecule has 1 aromatic carbocycles. The number of anilines is 1. The number of thioether (sulfide) groups is 1. The molecule has 1 atom stereocenters. The van der Waals surface area contributed by atoms with Gasteiger partial charge in [-0.15, -0.1) is 0 Å². The highest BCUT2D eigenvalue weighted by atomic mass is 32.2. The van der Waals surface area contributed by atoms with Gasteiger partial charge >= 0.3 is 0 Å². The Hall–Kier alpha value is -1.04. The van der Waals surface area contributed by atoms with Crippen molar-refractivity contribution in [1.29, 1.82) is 0 Å². The summed E-state index contributed by atoms with van der Waals surface area (Å²) in [5.41, 5.74) is 3.88. The molecular weight excluding hydrogens is 330 g/mol. The van der Waals surface area contributed by atoms with Crippen molar-refractivity contribution < 1.29 is 4.79 Å². The lowest BCUT2D eigenvalue weighted by Crippen LogP contribution is -2.32. The molecule has 25 heavy (non-hydrogen) atoms. The number of hydrogen-bond acceptors (Lipinski definition) is 4. The number of hydrogen-bond donors (Lipinski definition) is 2. The van der Waals surface area contributed by atoms with Crippen LogP contribution in [0.2, 0.25) is 0 Å². The van der Waals surface area contributed by atoms with Crippen molar-refractivity contribution in [3.05, 3.63) is 29.3 Å². The summed E-state index contributed by atoms with van der Waals surface area (Å²) in [5.74, 6) is 2.91. The first-order chi connectivity index (χ1) is 12.2. The monoisotopic (exact) mass is 359 g/mol. The van der Waals surface area contributed by atoms with Crippen LogP contribution < -0.4 is 10.6 Å². The lowest BCUT2D eigenvalue weighted by atomic mass is 9.91. The van der Waals surface area contributed by atoms with Crippen molar-refractivity contribution in [2.24, 2.45) is 11.3 Å². The minimum absolute atomic E-state index is 0.219. The topological polar surface area (TPSA) is 44.4 Å². The quantitative estimate of drug-likeness (QED) is 0.868. The maximum atomic E-state index is 12.8. The Morgan fingerprint density at radius 3 is 2.84 bits per heavy atom. The highest BCUT2D eigenvalue weighted by molar-refractivity contribution is 7.99. The van der Waals surface area contributed by atoms with E-state index in [2.05, 4.69) is 40.7 Å². The molecule has 1 aliphatic carbocycles. The third-order valence-electron chi connectivity index (χ3n) is 6.31. The van der Waals surface area contributed by atoms with E-state index < -0.39 is 0 Å². The number of nitrogens with one attached hydrogen (secondary N) is 2. The highest BCUT2D eigenvalue weighted by Crippen LogP contribution is 2.58. The first kappa shape index (κ1) is 17.4. The van der Waals surface area contributed by atoms with Gasteiger partial charge in [-0.1, -0.05) is 12.1 Å². The number of benzene rings is 1. The van der Waals surface area contributed by atoms with Crippen LogP contribution in [0, 0.1) is 18.3 Å². The smallest absolute Gasteiger partial charge is 0.228 e. The zero-order valence-corrected chi connectivity index (χ0v) is 16.0. The third kappa shape index (κ3) is 3.74. The zero-order chi connectivity index (χ0) is 17.3. The van der Waals surface area contributed by atoms with E-state index in [1.165, 1.54) is 35.7 Å². The molecule has 2 heterocycles. The van der Waals surface area contributed by atoms with Crippen molar-refractivity contribution in [2.75, 3.05) is 43.0 Å². The van der Waals surface area contributed by atoms with Gasteiger partial charge in [-0.05, 0) is 61.9 Å². The Morgan fingerprint density at radius 2 is 2.08 bits per heavy atom. The molecule has 4 nitrogen and oxygen atoms in total. The van der Waals surface area contributed by atoms with Crippen molar-refractivity contribution in [3.8, 4) is 0 Å². The van der Waals surface area contributed by atoms with Gasteiger partial charge in [0.1, 0.15) is 0 Å². The summed E-state index contributed by atoms with van der Waals surface area (Å²) in [4.78, 5) is 15.3. The molecule has 1 aromatic rings. The molecule has 1 unspecified atom stereocenters. The Labute approximate surface area is 155 Å². The minimum atomic E-state index is 0.219. The van der Waals surface area contributed by atoms with Crippen LogP contribution in [-0.4, -0.2) is 48.5 Å². The molecule has 4 rings (SSSR count). The molecule has 2 N–H and O–H groups in total. The Kier molecular flexibility index (Phi) is 5.07. The molecule has 136 valence electrons. The number of piperidine rings is 1.